The molecule has 122 valence electrons. The number of esters is 1. The summed E-state index contributed by atoms with van der Waals surface area (Å²) in [7, 11) is 1.28. The van der Waals surface area contributed by atoms with Gasteiger partial charge < -0.3 is 14.5 Å². The van der Waals surface area contributed by atoms with Gasteiger partial charge in [0.25, 0.3) is 0 Å². The van der Waals surface area contributed by atoms with Crippen molar-refractivity contribution in [3.05, 3.63) is 47.0 Å². The lowest BCUT2D eigenvalue weighted by atomic mass is 10.2. The van der Waals surface area contributed by atoms with Crippen molar-refractivity contribution in [2.75, 3.05) is 13.7 Å². The van der Waals surface area contributed by atoms with Gasteiger partial charge in [-0.15, -0.1) is 0 Å². The van der Waals surface area contributed by atoms with Gasteiger partial charge in [-0.1, -0.05) is 18.2 Å². The van der Waals surface area contributed by atoms with E-state index >= 15 is 0 Å². The van der Waals surface area contributed by atoms with Gasteiger partial charge in [0, 0.05) is 25.6 Å². The van der Waals surface area contributed by atoms with Crippen LogP contribution in [0.5, 0.6) is 0 Å². The number of rotatable bonds is 7. The Labute approximate surface area is 132 Å². The molecule has 0 aliphatic rings. The van der Waals surface area contributed by atoms with E-state index in [9.17, 15) is 14.4 Å². The zero-order chi connectivity index (χ0) is 16.7. The second-order valence-electron chi connectivity index (χ2n) is 4.82. The third-order valence-corrected chi connectivity index (χ3v) is 3.23. The third kappa shape index (κ3) is 4.57. The maximum atomic E-state index is 11.8. The van der Waals surface area contributed by atoms with Gasteiger partial charge in [0.2, 0.25) is 5.91 Å². The van der Waals surface area contributed by atoms with Crippen LogP contribution in [-0.2, 0) is 20.9 Å². The highest BCUT2D eigenvalue weighted by Gasteiger charge is 2.08. The lowest BCUT2D eigenvalue weighted by molar-refractivity contribution is -0.134. The van der Waals surface area contributed by atoms with Crippen LogP contribution in [0.2, 0.25) is 0 Å². The number of methoxy groups -OCH3 is 1. The third-order valence-electron chi connectivity index (χ3n) is 3.23. The molecular formula is C16H18N2O5. The van der Waals surface area contributed by atoms with Gasteiger partial charge in [0.1, 0.15) is 0 Å². The van der Waals surface area contributed by atoms with Crippen molar-refractivity contribution in [3.8, 4) is 0 Å². The fourth-order valence-electron chi connectivity index (χ4n) is 2.11. The molecule has 0 radical (unpaired) electrons. The second-order valence-corrected chi connectivity index (χ2v) is 4.82. The zero-order valence-corrected chi connectivity index (χ0v) is 12.8. The van der Waals surface area contributed by atoms with E-state index in [0.29, 0.717) is 18.5 Å². The van der Waals surface area contributed by atoms with Crippen LogP contribution in [-0.4, -0.2) is 30.1 Å². The van der Waals surface area contributed by atoms with Gasteiger partial charge >= 0.3 is 11.7 Å². The summed E-state index contributed by atoms with van der Waals surface area (Å²) in [6.45, 7) is 0.657. The van der Waals surface area contributed by atoms with Crippen molar-refractivity contribution < 1.29 is 18.7 Å². The molecule has 7 heteroatoms. The fraction of sp³-hybridized carbons (Fsp3) is 0.312. The van der Waals surface area contributed by atoms with Gasteiger partial charge in [-0.25, -0.2) is 9.59 Å². The topological polar surface area (TPSA) is 90.5 Å². The summed E-state index contributed by atoms with van der Waals surface area (Å²) in [5, 5.41) is 2.65. The second kappa shape index (κ2) is 7.98. The van der Waals surface area contributed by atoms with Crippen LogP contribution < -0.4 is 11.1 Å². The SMILES string of the molecule is COC(=O)/C=C/CNC(=O)CCCn1c(=O)oc2ccccc21. The maximum Gasteiger partial charge on any atom is 0.419 e. The van der Waals surface area contributed by atoms with Crippen LogP contribution in [0, 0.1) is 0 Å². The molecule has 0 saturated carbocycles. The van der Waals surface area contributed by atoms with Gasteiger partial charge in [0.15, 0.2) is 5.58 Å². The molecule has 0 fully saturated rings. The van der Waals surface area contributed by atoms with E-state index in [0.717, 1.165) is 5.52 Å². The fourth-order valence-corrected chi connectivity index (χ4v) is 2.11. The number of benzene rings is 1. The van der Waals surface area contributed by atoms with E-state index in [-0.39, 0.29) is 18.9 Å². The summed E-state index contributed by atoms with van der Waals surface area (Å²) in [6.07, 6.45) is 3.54. The molecule has 0 aliphatic carbocycles. The van der Waals surface area contributed by atoms with E-state index in [1.54, 1.807) is 18.2 Å². The van der Waals surface area contributed by atoms with Gasteiger partial charge in [-0.05, 0) is 18.6 Å². The molecule has 1 amide bonds. The largest absolute Gasteiger partial charge is 0.466 e. The molecule has 2 aromatic rings. The molecule has 23 heavy (non-hydrogen) atoms. The first-order valence-corrected chi connectivity index (χ1v) is 7.21. The van der Waals surface area contributed by atoms with E-state index < -0.39 is 11.7 Å². The Morgan fingerprint density at radius 3 is 2.91 bits per heavy atom. The molecule has 0 unspecified atom stereocenters. The minimum atomic E-state index is -0.467. The predicted molar refractivity (Wildman–Crippen MR) is 83.9 cm³/mol. The zero-order valence-electron chi connectivity index (χ0n) is 12.8. The Bertz CT molecular complexity index is 772. The summed E-state index contributed by atoms with van der Waals surface area (Å²) >= 11 is 0. The number of aryl methyl sites for hydroxylation is 1. The first-order chi connectivity index (χ1) is 11.1. The van der Waals surface area contributed by atoms with Gasteiger partial charge in [-0.3, -0.25) is 9.36 Å². The molecule has 1 N–H and O–H groups in total. The van der Waals surface area contributed by atoms with Crippen LogP contribution in [0.25, 0.3) is 11.1 Å². The van der Waals surface area contributed by atoms with Crippen LogP contribution in [0.4, 0.5) is 0 Å². The number of carbonyl (C=O) groups excluding carboxylic acids is 2. The van der Waals surface area contributed by atoms with E-state index in [4.69, 9.17) is 4.42 Å². The molecule has 0 spiro atoms. The molecule has 1 heterocycles. The van der Waals surface area contributed by atoms with Crippen LogP contribution in [0.3, 0.4) is 0 Å². The Balaban J connectivity index is 1.79. The summed E-state index contributed by atoms with van der Waals surface area (Å²) in [4.78, 5) is 34.3. The molecular weight excluding hydrogens is 300 g/mol. The number of fused-ring (bicyclic) bond motifs is 1. The van der Waals surface area contributed by atoms with Crippen molar-refractivity contribution in [1.82, 2.24) is 9.88 Å². The van der Waals surface area contributed by atoms with Crippen LogP contribution in [0.15, 0.2) is 45.6 Å². The van der Waals surface area contributed by atoms with Crippen molar-refractivity contribution in [2.45, 2.75) is 19.4 Å². The number of carbonyl (C=O) groups is 2. The molecule has 1 aromatic heterocycles. The number of ether oxygens (including phenoxy) is 1. The summed E-state index contributed by atoms with van der Waals surface area (Å²) in [5.74, 6) is -1.04. The summed E-state index contributed by atoms with van der Waals surface area (Å²) < 4.78 is 11.1. The number of nitrogens with zero attached hydrogens (tertiary/aromatic N) is 1. The molecule has 0 bridgehead atoms. The number of hydrogen-bond donors (Lipinski definition) is 1. The van der Waals surface area contributed by atoms with Gasteiger partial charge in [-0.2, -0.15) is 0 Å². The molecule has 7 nitrogen and oxygen atoms in total. The maximum absolute atomic E-state index is 11.8. The highest BCUT2D eigenvalue weighted by molar-refractivity contribution is 5.82. The van der Waals surface area contributed by atoms with Crippen LogP contribution in [0.1, 0.15) is 12.8 Å². The quantitative estimate of drug-likeness (QED) is 0.612. The predicted octanol–water partition coefficient (Wildman–Crippen LogP) is 1.22. The summed E-state index contributed by atoms with van der Waals surface area (Å²) in [5.41, 5.74) is 1.26. The van der Waals surface area contributed by atoms with Crippen molar-refractivity contribution in [2.24, 2.45) is 0 Å². The smallest absolute Gasteiger partial charge is 0.419 e. The molecule has 1 aromatic carbocycles. The molecule has 0 saturated heterocycles. The first-order valence-electron chi connectivity index (χ1n) is 7.21. The monoisotopic (exact) mass is 318 g/mol. The normalized spacial score (nSPS) is 11.0. The van der Waals surface area contributed by atoms with E-state index in [2.05, 4.69) is 10.1 Å². The highest BCUT2D eigenvalue weighted by atomic mass is 16.5. The van der Waals surface area contributed by atoms with Gasteiger partial charge in [0.05, 0.1) is 12.6 Å². The molecule has 0 atom stereocenters. The Morgan fingerprint density at radius 2 is 2.13 bits per heavy atom. The summed E-state index contributed by atoms with van der Waals surface area (Å²) in [6, 6.07) is 7.16. The van der Waals surface area contributed by atoms with Crippen LogP contribution >= 0.6 is 0 Å². The Hall–Kier alpha value is -2.83. The number of aromatic nitrogens is 1. The number of nitrogens with one attached hydrogen (secondary N) is 1. The van der Waals surface area contributed by atoms with Crippen molar-refractivity contribution >= 4 is 23.0 Å². The number of amides is 1. The lowest BCUT2D eigenvalue weighted by Gasteiger charge is -2.03. The number of oxazole rings is 1. The van der Waals surface area contributed by atoms with Crippen molar-refractivity contribution in [3.63, 3.8) is 0 Å². The molecule has 0 aliphatic heterocycles. The van der Waals surface area contributed by atoms with Crippen molar-refractivity contribution in [1.29, 1.82) is 0 Å². The highest BCUT2D eigenvalue weighted by Crippen LogP contribution is 2.12. The first kappa shape index (κ1) is 16.5. The van der Waals surface area contributed by atoms with E-state index in [1.165, 1.54) is 23.8 Å². The standard InChI is InChI=1S/C16H18N2O5/c1-22-15(20)9-4-10-17-14(19)8-5-11-18-12-6-2-3-7-13(12)23-16(18)21/h2-4,6-7,9H,5,8,10-11H2,1H3,(H,17,19)/b9-4+. The lowest BCUT2D eigenvalue weighted by Crippen LogP contribution is -2.24. The Morgan fingerprint density at radius 1 is 1.35 bits per heavy atom. The van der Waals surface area contributed by atoms with E-state index in [1.807, 2.05) is 6.07 Å². The average molecular weight is 318 g/mol. The minimum Gasteiger partial charge on any atom is -0.466 e. The average Bonchev–Trinajstić information content (AvgIpc) is 2.87. The Kier molecular flexibility index (Phi) is 5.74. The number of hydrogen-bond acceptors (Lipinski definition) is 5. The molecule has 2 rings (SSSR count). The number of para-hydroxylation sites is 2. The minimum absolute atomic E-state index is 0.152.